The highest BCUT2D eigenvalue weighted by Gasteiger charge is 2.23. The van der Waals surface area contributed by atoms with Crippen molar-refractivity contribution >= 4 is 22.6 Å². The van der Waals surface area contributed by atoms with Crippen LogP contribution in [0.1, 0.15) is 23.2 Å². The van der Waals surface area contributed by atoms with Gasteiger partial charge in [0.05, 0.1) is 5.52 Å². The standard InChI is InChI=1S/C26H24N4O2/c31-26(19-10-12-22(13-11-19)32-21-6-2-1-3-7-21)29-20-14-16-30(17-15-20)25-23-8-4-5-9-24(23)27-18-28-25/h1-13,18,20H,14-17H2,(H,29,31). The van der Waals surface area contributed by atoms with Crippen molar-refractivity contribution in [2.24, 2.45) is 0 Å². The predicted octanol–water partition coefficient (Wildman–Crippen LogP) is 4.82. The van der Waals surface area contributed by atoms with Crippen molar-refractivity contribution in [2.45, 2.75) is 18.9 Å². The second-order valence-corrected chi connectivity index (χ2v) is 7.89. The zero-order chi connectivity index (χ0) is 21.8. The van der Waals surface area contributed by atoms with Crippen molar-refractivity contribution in [3.8, 4) is 11.5 Å². The molecule has 0 unspecified atom stereocenters. The molecule has 1 saturated heterocycles. The van der Waals surface area contributed by atoms with Gasteiger partial charge in [0.15, 0.2) is 0 Å². The summed E-state index contributed by atoms with van der Waals surface area (Å²) in [7, 11) is 0. The molecule has 32 heavy (non-hydrogen) atoms. The summed E-state index contributed by atoms with van der Waals surface area (Å²) in [6.07, 6.45) is 3.37. The van der Waals surface area contributed by atoms with Crippen LogP contribution in [-0.2, 0) is 0 Å². The third kappa shape index (κ3) is 4.39. The fraction of sp³-hybridized carbons (Fsp3) is 0.192. The first-order valence-electron chi connectivity index (χ1n) is 10.8. The van der Waals surface area contributed by atoms with Crippen LogP contribution in [0.15, 0.2) is 85.2 Å². The smallest absolute Gasteiger partial charge is 0.251 e. The van der Waals surface area contributed by atoms with Gasteiger partial charge in [0, 0.05) is 30.1 Å². The van der Waals surface area contributed by atoms with E-state index in [1.54, 1.807) is 18.5 Å². The van der Waals surface area contributed by atoms with Crippen LogP contribution in [0, 0.1) is 0 Å². The van der Waals surface area contributed by atoms with Gasteiger partial charge in [-0.15, -0.1) is 0 Å². The fourth-order valence-electron chi connectivity index (χ4n) is 4.05. The minimum absolute atomic E-state index is 0.0535. The third-order valence-corrected chi connectivity index (χ3v) is 5.75. The molecule has 6 heteroatoms. The summed E-state index contributed by atoms with van der Waals surface area (Å²) in [5, 5.41) is 4.24. The number of nitrogens with zero attached hydrogens (tertiary/aromatic N) is 3. The van der Waals surface area contributed by atoms with E-state index in [-0.39, 0.29) is 11.9 Å². The normalized spacial score (nSPS) is 14.3. The Morgan fingerprint density at radius 1 is 0.844 bits per heavy atom. The molecule has 1 aromatic heterocycles. The Bertz CT molecular complexity index is 1200. The van der Waals surface area contributed by atoms with E-state index in [4.69, 9.17) is 4.74 Å². The van der Waals surface area contributed by atoms with Crippen LogP contribution in [0.2, 0.25) is 0 Å². The number of ether oxygens (including phenoxy) is 1. The van der Waals surface area contributed by atoms with Gasteiger partial charge in [0.1, 0.15) is 23.6 Å². The molecule has 1 N–H and O–H groups in total. The molecule has 3 aromatic carbocycles. The largest absolute Gasteiger partial charge is 0.457 e. The first-order valence-corrected chi connectivity index (χ1v) is 10.8. The number of carbonyl (C=O) groups excluding carboxylic acids is 1. The number of anilines is 1. The zero-order valence-electron chi connectivity index (χ0n) is 17.6. The van der Waals surface area contributed by atoms with Crippen molar-refractivity contribution < 1.29 is 9.53 Å². The molecule has 0 aliphatic carbocycles. The molecule has 5 rings (SSSR count). The molecule has 1 fully saturated rings. The van der Waals surface area contributed by atoms with Crippen LogP contribution in [-0.4, -0.2) is 35.0 Å². The third-order valence-electron chi connectivity index (χ3n) is 5.75. The van der Waals surface area contributed by atoms with Crippen LogP contribution in [0.3, 0.4) is 0 Å². The van der Waals surface area contributed by atoms with Gasteiger partial charge in [0.25, 0.3) is 5.91 Å². The summed E-state index contributed by atoms with van der Waals surface area (Å²) < 4.78 is 5.80. The Kier molecular flexibility index (Phi) is 5.66. The SMILES string of the molecule is O=C(NC1CCN(c2ncnc3ccccc23)CC1)c1ccc(Oc2ccccc2)cc1. The maximum absolute atomic E-state index is 12.7. The Morgan fingerprint density at radius 3 is 2.31 bits per heavy atom. The molecule has 0 saturated carbocycles. The molecule has 160 valence electrons. The van der Waals surface area contributed by atoms with E-state index in [1.807, 2.05) is 60.7 Å². The number of carbonyl (C=O) groups is 1. The summed E-state index contributed by atoms with van der Waals surface area (Å²) in [5.41, 5.74) is 1.59. The molecule has 1 aliphatic heterocycles. The molecular formula is C26H24N4O2. The molecule has 0 bridgehead atoms. The second kappa shape index (κ2) is 9.06. The van der Waals surface area contributed by atoms with Gasteiger partial charge in [-0.2, -0.15) is 0 Å². The van der Waals surface area contributed by atoms with E-state index in [9.17, 15) is 4.79 Å². The highest BCUT2D eigenvalue weighted by atomic mass is 16.5. The lowest BCUT2D eigenvalue weighted by atomic mass is 10.0. The molecule has 0 spiro atoms. The van der Waals surface area contributed by atoms with Crippen molar-refractivity contribution in [1.29, 1.82) is 0 Å². The molecule has 2 heterocycles. The number of hydrogen-bond donors (Lipinski definition) is 1. The van der Waals surface area contributed by atoms with Crippen LogP contribution in [0.25, 0.3) is 10.9 Å². The quantitative estimate of drug-likeness (QED) is 0.497. The van der Waals surface area contributed by atoms with E-state index in [2.05, 4.69) is 26.3 Å². The minimum Gasteiger partial charge on any atom is -0.457 e. The lowest BCUT2D eigenvalue weighted by Crippen LogP contribution is -2.45. The number of nitrogens with one attached hydrogen (secondary N) is 1. The summed E-state index contributed by atoms with van der Waals surface area (Å²) in [6.45, 7) is 1.69. The maximum atomic E-state index is 12.7. The average molecular weight is 425 g/mol. The highest BCUT2D eigenvalue weighted by Crippen LogP contribution is 2.26. The second-order valence-electron chi connectivity index (χ2n) is 7.89. The average Bonchev–Trinajstić information content (AvgIpc) is 2.85. The van der Waals surface area contributed by atoms with E-state index in [0.29, 0.717) is 11.3 Å². The molecule has 6 nitrogen and oxygen atoms in total. The molecule has 0 radical (unpaired) electrons. The molecule has 0 atom stereocenters. The van der Waals surface area contributed by atoms with E-state index in [0.717, 1.165) is 48.4 Å². The lowest BCUT2D eigenvalue weighted by molar-refractivity contribution is 0.0931. The van der Waals surface area contributed by atoms with E-state index < -0.39 is 0 Å². The van der Waals surface area contributed by atoms with E-state index in [1.165, 1.54) is 0 Å². The highest BCUT2D eigenvalue weighted by molar-refractivity contribution is 5.94. The maximum Gasteiger partial charge on any atom is 0.251 e. The monoisotopic (exact) mass is 424 g/mol. The Labute approximate surface area is 186 Å². The van der Waals surface area contributed by atoms with Gasteiger partial charge in [-0.05, 0) is 61.4 Å². The Balaban J connectivity index is 1.17. The minimum atomic E-state index is -0.0535. The van der Waals surface area contributed by atoms with Gasteiger partial charge in [-0.3, -0.25) is 4.79 Å². The number of hydrogen-bond acceptors (Lipinski definition) is 5. The molecule has 1 aliphatic rings. The summed E-state index contributed by atoms with van der Waals surface area (Å²) in [6, 6.07) is 25.1. The van der Waals surface area contributed by atoms with Crippen molar-refractivity contribution in [3.63, 3.8) is 0 Å². The summed E-state index contributed by atoms with van der Waals surface area (Å²) in [4.78, 5) is 23.9. The van der Waals surface area contributed by atoms with E-state index >= 15 is 0 Å². The van der Waals surface area contributed by atoms with Gasteiger partial charge < -0.3 is 15.0 Å². The predicted molar refractivity (Wildman–Crippen MR) is 125 cm³/mol. The van der Waals surface area contributed by atoms with Crippen LogP contribution >= 0.6 is 0 Å². The number of piperidine rings is 1. The van der Waals surface area contributed by atoms with Crippen LogP contribution in [0.5, 0.6) is 11.5 Å². The topological polar surface area (TPSA) is 67.4 Å². The number of benzene rings is 3. The number of aromatic nitrogens is 2. The first-order chi connectivity index (χ1) is 15.8. The lowest BCUT2D eigenvalue weighted by Gasteiger charge is -2.33. The number of para-hydroxylation sites is 2. The van der Waals surface area contributed by atoms with Gasteiger partial charge in [-0.25, -0.2) is 9.97 Å². The van der Waals surface area contributed by atoms with Crippen molar-refractivity contribution in [3.05, 3.63) is 90.8 Å². The zero-order valence-corrected chi connectivity index (χ0v) is 17.6. The molecule has 4 aromatic rings. The van der Waals surface area contributed by atoms with Crippen molar-refractivity contribution in [2.75, 3.05) is 18.0 Å². The van der Waals surface area contributed by atoms with Crippen LogP contribution in [0.4, 0.5) is 5.82 Å². The fourth-order valence-corrected chi connectivity index (χ4v) is 4.05. The van der Waals surface area contributed by atoms with Gasteiger partial charge in [-0.1, -0.05) is 30.3 Å². The Morgan fingerprint density at radius 2 is 1.53 bits per heavy atom. The van der Waals surface area contributed by atoms with Gasteiger partial charge >= 0.3 is 0 Å². The van der Waals surface area contributed by atoms with Crippen molar-refractivity contribution in [1.82, 2.24) is 15.3 Å². The summed E-state index contributed by atoms with van der Waals surface area (Å²) >= 11 is 0. The number of rotatable bonds is 5. The molecular weight excluding hydrogens is 400 g/mol. The summed E-state index contributed by atoms with van der Waals surface area (Å²) in [5.74, 6) is 2.39. The Hall–Kier alpha value is -3.93. The molecule has 1 amide bonds. The van der Waals surface area contributed by atoms with Gasteiger partial charge in [0.2, 0.25) is 0 Å². The van der Waals surface area contributed by atoms with Crippen LogP contribution < -0.4 is 15.0 Å². The first kappa shape index (κ1) is 20.0. The number of amides is 1. The number of fused-ring (bicyclic) bond motifs is 1.